The van der Waals surface area contributed by atoms with E-state index in [1.165, 1.54) is 11.1 Å². The fourth-order valence-corrected chi connectivity index (χ4v) is 2.35. The molecule has 0 amide bonds. The first-order valence-corrected chi connectivity index (χ1v) is 6.57. The molecule has 0 fully saturated rings. The Bertz CT molecular complexity index is 653. The first-order chi connectivity index (χ1) is 9.86. The lowest BCUT2D eigenvalue weighted by Crippen LogP contribution is -2.29. The van der Waals surface area contributed by atoms with Gasteiger partial charge in [0.1, 0.15) is 5.82 Å². The second kappa shape index (κ2) is 5.54. The summed E-state index contributed by atoms with van der Waals surface area (Å²) >= 11 is 0. The molecule has 0 atom stereocenters. The lowest BCUT2D eigenvalue weighted by Gasteiger charge is -2.27. The van der Waals surface area contributed by atoms with Crippen molar-refractivity contribution in [3.05, 3.63) is 60.1 Å². The predicted molar refractivity (Wildman–Crippen MR) is 78.0 cm³/mol. The molecule has 0 N–H and O–H groups in total. The third-order valence-electron chi connectivity index (χ3n) is 3.47. The average molecular weight is 262 g/mol. The van der Waals surface area contributed by atoms with Gasteiger partial charge in [-0.2, -0.15) is 5.26 Å². The molecule has 0 bridgehead atoms. The topological polar surface area (TPSA) is 52.8 Å². The smallest absolute Gasteiger partial charge is 0.147 e. The number of aromatic nitrogens is 2. The van der Waals surface area contributed by atoms with Crippen LogP contribution in [0.25, 0.3) is 5.57 Å². The minimum absolute atomic E-state index is 0.700. The van der Waals surface area contributed by atoms with Crippen molar-refractivity contribution in [3.63, 3.8) is 0 Å². The van der Waals surface area contributed by atoms with E-state index in [9.17, 15) is 0 Å². The van der Waals surface area contributed by atoms with Crippen LogP contribution in [0.15, 0.2) is 48.9 Å². The molecule has 0 unspecified atom stereocenters. The Morgan fingerprint density at radius 3 is 2.60 bits per heavy atom. The monoisotopic (exact) mass is 262 g/mol. The quantitative estimate of drug-likeness (QED) is 0.835. The van der Waals surface area contributed by atoms with Gasteiger partial charge in [-0.1, -0.05) is 18.2 Å². The number of rotatable bonds is 2. The first-order valence-electron chi connectivity index (χ1n) is 6.57. The molecule has 1 aromatic carbocycles. The van der Waals surface area contributed by atoms with Gasteiger partial charge in [-0.15, -0.1) is 0 Å². The Labute approximate surface area is 118 Å². The van der Waals surface area contributed by atoms with Gasteiger partial charge in [0.05, 0.1) is 17.8 Å². The molecule has 3 rings (SSSR count). The Morgan fingerprint density at radius 1 is 1.15 bits per heavy atom. The molecule has 2 heterocycles. The Hall–Kier alpha value is -2.67. The van der Waals surface area contributed by atoms with Crippen LogP contribution >= 0.6 is 0 Å². The van der Waals surface area contributed by atoms with Crippen LogP contribution in [0.1, 0.15) is 17.5 Å². The summed E-state index contributed by atoms with van der Waals surface area (Å²) < 4.78 is 0. The fraction of sp³-hybridized carbons (Fsp3) is 0.188. The highest BCUT2D eigenvalue weighted by molar-refractivity contribution is 5.68. The Morgan fingerprint density at radius 2 is 2.00 bits per heavy atom. The largest absolute Gasteiger partial charge is 0.351 e. The van der Waals surface area contributed by atoms with Gasteiger partial charge < -0.3 is 4.90 Å². The van der Waals surface area contributed by atoms with Gasteiger partial charge >= 0.3 is 0 Å². The summed E-state index contributed by atoms with van der Waals surface area (Å²) in [4.78, 5) is 10.6. The van der Waals surface area contributed by atoms with E-state index in [0.717, 1.165) is 25.3 Å². The normalized spacial score (nSPS) is 14.6. The van der Waals surface area contributed by atoms with Crippen LogP contribution in [0.4, 0.5) is 5.82 Å². The van der Waals surface area contributed by atoms with Crippen molar-refractivity contribution in [2.45, 2.75) is 6.42 Å². The number of anilines is 1. The number of nitrogens with zero attached hydrogens (tertiary/aromatic N) is 4. The summed E-state index contributed by atoms with van der Waals surface area (Å²) in [6, 6.07) is 9.91. The Balaban J connectivity index is 1.75. The molecule has 0 aliphatic carbocycles. The van der Waals surface area contributed by atoms with Crippen molar-refractivity contribution in [2.24, 2.45) is 0 Å². The molecule has 0 spiro atoms. The lowest BCUT2D eigenvalue weighted by molar-refractivity contribution is 0.812. The molecule has 0 saturated heterocycles. The number of benzene rings is 1. The molecule has 98 valence electrons. The Kier molecular flexibility index (Phi) is 3.42. The summed E-state index contributed by atoms with van der Waals surface area (Å²) in [7, 11) is 0. The lowest BCUT2D eigenvalue weighted by atomic mass is 9.98. The summed E-state index contributed by atoms with van der Waals surface area (Å²) in [6.45, 7) is 1.78. The summed E-state index contributed by atoms with van der Waals surface area (Å²) in [5, 5.41) is 8.82. The van der Waals surface area contributed by atoms with Gasteiger partial charge in [-0.05, 0) is 29.7 Å². The van der Waals surface area contributed by atoms with Crippen LogP contribution in [-0.4, -0.2) is 23.1 Å². The van der Waals surface area contributed by atoms with E-state index < -0.39 is 0 Å². The maximum absolute atomic E-state index is 8.82. The van der Waals surface area contributed by atoms with E-state index in [2.05, 4.69) is 27.0 Å². The van der Waals surface area contributed by atoms with Gasteiger partial charge in [0.15, 0.2) is 0 Å². The molecule has 4 heteroatoms. The van der Waals surface area contributed by atoms with E-state index >= 15 is 0 Å². The highest BCUT2D eigenvalue weighted by Gasteiger charge is 2.14. The van der Waals surface area contributed by atoms with Gasteiger partial charge in [0, 0.05) is 25.5 Å². The van der Waals surface area contributed by atoms with Crippen LogP contribution < -0.4 is 4.90 Å². The number of nitriles is 1. The molecular formula is C16H14N4. The van der Waals surface area contributed by atoms with Gasteiger partial charge in [-0.3, -0.25) is 4.98 Å². The van der Waals surface area contributed by atoms with Gasteiger partial charge in [-0.25, -0.2) is 4.98 Å². The maximum Gasteiger partial charge on any atom is 0.147 e. The summed E-state index contributed by atoms with van der Waals surface area (Å²) in [5.74, 6) is 0.919. The second-order valence-electron chi connectivity index (χ2n) is 4.68. The van der Waals surface area contributed by atoms with Crippen LogP contribution in [0.3, 0.4) is 0 Å². The minimum atomic E-state index is 0.700. The summed E-state index contributed by atoms with van der Waals surface area (Å²) in [6.07, 6.45) is 8.39. The third-order valence-corrected chi connectivity index (χ3v) is 3.47. The zero-order chi connectivity index (χ0) is 13.8. The average Bonchev–Trinajstić information content (AvgIpc) is 2.56. The number of hydrogen-bond donors (Lipinski definition) is 0. The van der Waals surface area contributed by atoms with Crippen molar-refractivity contribution in [3.8, 4) is 6.07 Å². The van der Waals surface area contributed by atoms with Gasteiger partial charge in [0.25, 0.3) is 0 Å². The molecular weight excluding hydrogens is 248 g/mol. The third kappa shape index (κ3) is 2.52. The van der Waals surface area contributed by atoms with Crippen LogP contribution in [0, 0.1) is 11.3 Å². The zero-order valence-electron chi connectivity index (χ0n) is 11.0. The minimum Gasteiger partial charge on any atom is -0.351 e. The van der Waals surface area contributed by atoms with Crippen LogP contribution in [-0.2, 0) is 0 Å². The van der Waals surface area contributed by atoms with Crippen molar-refractivity contribution in [1.29, 1.82) is 5.26 Å². The molecule has 1 aromatic heterocycles. The fourth-order valence-electron chi connectivity index (χ4n) is 2.35. The molecule has 0 saturated carbocycles. The van der Waals surface area contributed by atoms with Crippen molar-refractivity contribution >= 4 is 11.4 Å². The van der Waals surface area contributed by atoms with Gasteiger partial charge in [0.2, 0.25) is 0 Å². The molecule has 4 nitrogen and oxygen atoms in total. The highest BCUT2D eigenvalue weighted by Crippen LogP contribution is 2.24. The second-order valence-corrected chi connectivity index (χ2v) is 4.68. The van der Waals surface area contributed by atoms with E-state index in [-0.39, 0.29) is 0 Å². The molecule has 1 aliphatic rings. The van der Waals surface area contributed by atoms with Crippen molar-refractivity contribution < 1.29 is 0 Å². The van der Waals surface area contributed by atoms with Crippen molar-refractivity contribution in [2.75, 3.05) is 18.0 Å². The molecule has 0 radical (unpaired) electrons. The van der Waals surface area contributed by atoms with Crippen LogP contribution in [0.2, 0.25) is 0 Å². The van der Waals surface area contributed by atoms with Crippen LogP contribution in [0.5, 0.6) is 0 Å². The zero-order valence-corrected chi connectivity index (χ0v) is 11.0. The molecule has 20 heavy (non-hydrogen) atoms. The summed E-state index contributed by atoms with van der Waals surface area (Å²) in [5.41, 5.74) is 3.23. The van der Waals surface area contributed by atoms with E-state index in [0.29, 0.717) is 5.56 Å². The van der Waals surface area contributed by atoms with E-state index in [1.54, 1.807) is 18.6 Å². The van der Waals surface area contributed by atoms with Crippen molar-refractivity contribution in [1.82, 2.24) is 9.97 Å². The molecule has 1 aliphatic heterocycles. The highest BCUT2D eigenvalue weighted by atomic mass is 15.2. The molecule has 2 aromatic rings. The number of hydrogen-bond acceptors (Lipinski definition) is 4. The predicted octanol–water partition coefficient (Wildman–Crippen LogP) is 2.64. The van der Waals surface area contributed by atoms with E-state index in [4.69, 9.17) is 5.26 Å². The SMILES string of the molecule is N#Cc1ccc(C2=CCN(c3cnccn3)CC2)cc1. The first kappa shape index (κ1) is 12.4. The maximum atomic E-state index is 8.82. The standard InChI is InChI=1S/C16H14N4/c17-11-13-1-3-14(4-2-13)15-5-9-20(10-6-15)16-12-18-7-8-19-16/h1-5,7-8,12H,6,9-10H2. The van der Waals surface area contributed by atoms with E-state index in [1.807, 2.05) is 24.3 Å².